The van der Waals surface area contributed by atoms with Crippen molar-refractivity contribution in [3.8, 4) is 0 Å². The number of anilines is 1. The Bertz CT molecular complexity index is 495. The SMILES string of the molecule is CNCc1c(C)cc(C)nc1N1CCC[C@H]2CCCC[C@H]21. The summed E-state index contributed by atoms with van der Waals surface area (Å²) < 4.78 is 0. The summed E-state index contributed by atoms with van der Waals surface area (Å²) >= 11 is 0. The standard InChI is InChI=1S/C18H29N3/c1-13-11-14(2)20-18(16(13)12-19-3)21-10-6-8-15-7-4-5-9-17(15)21/h11,15,17,19H,4-10,12H2,1-3H3/t15-,17-/m1/s1. The fourth-order valence-electron chi connectivity index (χ4n) is 4.36. The van der Waals surface area contributed by atoms with Crippen LogP contribution in [0.4, 0.5) is 5.82 Å². The zero-order valence-corrected chi connectivity index (χ0v) is 13.8. The molecule has 1 aliphatic heterocycles. The van der Waals surface area contributed by atoms with Gasteiger partial charge < -0.3 is 10.2 Å². The first-order valence-corrected chi connectivity index (χ1v) is 8.59. The average molecular weight is 287 g/mol. The highest BCUT2D eigenvalue weighted by Gasteiger charge is 2.34. The summed E-state index contributed by atoms with van der Waals surface area (Å²) in [5.41, 5.74) is 3.93. The zero-order valence-electron chi connectivity index (χ0n) is 13.8. The molecule has 3 heteroatoms. The lowest BCUT2D eigenvalue weighted by molar-refractivity contribution is 0.242. The molecule has 21 heavy (non-hydrogen) atoms. The first-order chi connectivity index (χ1) is 10.2. The van der Waals surface area contributed by atoms with Crippen molar-refractivity contribution in [3.05, 3.63) is 22.9 Å². The van der Waals surface area contributed by atoms with E-state index in [1.54, 1.807) is 0 Å². The predicted molar refractivity (Wildman–Crippen MR) is 88.8 cm³/mol. The third-order valence-electron chi connectivity index (χ3n) is 5.32. The van der Waals surface area contributed by atoms with Gasteiger partial charge in [-0.05, 0) is 64.1 Å². The third-order valence-corrected chi connectivity index (χ3v) is 5.32. The number of nitrogens with one attached hydrogen (secondary N) is 1. The second-order valence-electron chi connectivity index (χ2n) is 6.86. The van der Waals surface area contributed by atoms with Gasteiger partial charge in [0.15, 0.2) is 0 Å². The lowest BCUT2D eigenvalue weighted by atomic mass is 9.78. The Hall–Kier alpha value is -1.09. The first-order valence-electron chi connectivity index (χ1n) is 8.59. The molecule has 1 N–H and O–H groups in total. The maximum Gasteiger partial charge on any atom is 0.133 e. The highest BCUT2D eigenvalue weighted by molar-refractivity contribution is 5.53. The van der Waals surface area contributed by atoms with Crippen LogP contribution in [0.2, 0.25) is 0 Å². The molecule has 0 unspecified atom stereocenters. The highest BCUT2D eigenvalue weighted by Crippen LogP contribution is 2.38. The lowest BCUT2D eigenvalue weighted by Crippen LogP contribution is -2.47. The topological polar surface area (TPSA) is 28.2 Å². The van der Waals surface area contributed by atoms with Crippen molar-refractivity contribution in [2.24, 2.45) is 5.92 Å². The molecule has 1 saturated carbocycles. The number of hydrogen-bond acceptors (Lipinski definition) is 3. The van der Waals surface area contributed by atoms with Crippen LogP contribution in [0.15, 0.2) is 6.07 Å². The molecular weight excluding hydrogens is 258 g/mol. The van der Waals surface area contributed by atoms with Crippen molar-refractivity contribution in [1.29, 1.82) is 0 Å². The molecule has 0 spiro atoms. The number of piperidine rings is 1. The molecule has 3 rings (SSSR count). The Balaban J connectivity index is 1.97. The summed E-state index contributed by atoms with van der Waals surface area (Å²) in [6.45, 7) is 6.46. The number of rotatable bonds is 3. The molecule has 0 bridgehead atoms. The van der Waals surface area contributed by atoms with Crippen molar-refractivity contribution in [2.75, 3.05) is 18.5 Å². The fourth-order valence-corrected chi connectivity index (χ4v) is 4.36. The van der Waals surface area contributed by atoms with Crippen LogP contribution in [0.25, 0.3) is 0 Å². The van der Waals surface area contributed by atoms with Crippen molar-refractivity contribution in [1.82, 2.24) is 10.3 Å². The Morgan fingerprint density at radius 3 is 2.76 bits per heavy atom. The molecule has 0 radical (unpaired) electrons. The van der Waals surface area contributed by atoms with Gasteiger partial charge >= 0.3 is 0 Å². The molecule has 0 amide bonds. The number of nitrogens with zero attached hydrogens (tertiary/aromatic N) is 2. The van der Waals surface area contributed by atoms with Crippen LogP contribution in [0.3, 0.4) is 0 Å². The van der Waals surface area contributed by atoms with Crippen molar-refractivity contribution >= 4 is 5.82 Å². The van der Waals surface area contributed by atoms with Crippen molar-refractivity contribution < 1.29 is 0 Å². The van der Waals surface area contributed by atoms with E-state index in [0.29, 0.717) is 0 Å². The van der Waals surface area contributed by atoms with E-state index in [-0.39, 0.29) is 0 Å². The van der Waals surface area contributed by atoms with E-state index >= 15 is 0 Å². The van der Waals surface area contributed by atoms with E-state index in [9.17, 15) is 0 Å². The number of fused-ring (bicyclic) bond motifs is 1. The van der Waals surface area contributed by atoms with Gasteiger partial charge in [-0.25, -0.2) is 4.98 Å². The zero-order chi connectivity index (χ0) is 14.8. The molecule has 2 aliphatic rings. The number of aryl methyl sites for hydroxylation is 2. The Morgan fingerprint density at radius 2 is 1.95 bits per heavy atom. The van der Waals surface area contributed by atoms with Gasteiger partial charge in [-0.1, -0.05) is 12.8 Å². The van der Waals surface area contributed by atoms with Crippen LogP contribution < -0.4 is 10.2 Å². The molecule has 1 aliphatic carbocycles. The van der Waals surface area contributed by atoms with E-state index in [1.807, 2.05) is 7.05 Å². The predicted octanol–water partition coefficient (Wildman–Crippen LogP) is 3.58. The normalized spacial score (nSPS) is 25.8. The largest absolute Gasteiger partial charge is 0.353 e. The Labute approximate surface area is 129 Å². The summed E-state index contributed by atoms with van der Waals surface area (Å²) in [6.07, 6.45) is 8.36. The Morgan fingerprint density at radius 1 is 1.19 bits per heavy atom. The highest BCUT2D eigenvalue weighted by atomic mass is 15.2. The van der Waals surface area contributed by atoms with Gasteiger partial charge in [-0.3, -0.25) is 0 Å². The van der Waals surface area contributed by atoms with Crippen molar-refractivity contribution in [3.63, 3.8) is 0 Å². The molecule has 2 atom stereocenters. The second-order valence-corrected chi connectivity index (χ2v) is 6.86. The molecule has 2 fully saturated rings. The van der Waals surface area contributed by atoms with Gasteiger partial charge in [-0.15, -0.1) is 0 Å². The molecular formula is C18H29N3. The van der Waals surface area contributed by atoms with Gasteiger partial charge in [0, 0.05) is 30.4 Å². The minimum Gasteiger partial charge on any atom is -0.353 e. The van der Waals surface area contributed by atoms with Gasteiger partial charge in [0.2, 0.25) is 0 Å². The fraction of sp³-hybridized carbons (Fsp3) is 0.722. The molecule has 2 heterocycles. The monoisotopic (exact) mass is 287 g/mol. The van der Waals surface area contributed by atoms with E-state index in [4.69, 9.17) is 4.98 Å². The van der Waals surface area contributed by atoms with Crippen LogP contribution in [0.5, 0.6) is 0 Å². The maximum atomic E-state index is 4.95. The van der Waals surface area contributed by atoms with Crippen LogP contribution in [-0.2, 0) is 6.54 Å². The van der Waals surface area contributed by atoms with E-state index < -0.39 is 0 Å². The molecule has 1 aromatic rings. The summed E-state index contributed by atoms with van der Waals surface area (Å²) in [7, 11) is 2.03. The molecule has 1 aromatic heterocycles. The summed E-state index contributed by atoms with van der Waals surface area (Å²) in [5, 5.41) is 3.33. The number of hydrogen-bond donors (Lipinski definition) is 1. The molecule has 0 aromatic carbocycles. The van der Waals surface area contributed by atoms with Gasteiger partial charge in [0.05, 0.1) is 0 Å². The smallest absolute Gasteiger partial charge is 0.133 e. The quantitative estimate of drug-likeness (QED) is 0.921. The minimum absolute atomic E-state index is 0.733. The van der Waals surface area contributed by atoms with Crippen LogP contribution in [0, 0.1) is 19.8 Å². The van der Waals surface area contributed by atoms with Crippen LogP contribution in [0.1, 0.15) is 55.3 Å². The maximum absolute atomic E-state index is 4.95. The summed E-state index contributed by atoms with van der Waals surface area (Å²) in [6, 6.07) is 2.95. The summed E-state index contributed by atoms with van der Waals surface area (Å²) in [5.74, 6) is 2.16. The van der Waals surface area contributed by atoms with Crippen LogP contribution in [-0.4, -0.2) is 24.6 Å². The van der Waals surface area contributed by atoms with E-state index in [2.05, 4.69) is 30.1 Å². The molecule has 1 saturated heterocycles. The molecule has 116 valence electrons. The molecule has 3 nitrogen and oxygen atoms in total. The Kier molecular flexibility index (Phi) is 4.48. The van der Waals surface area contributed by atoms with Crippen molar-refractivity contribution in [2.45, 2.75) is 65.0 Å². The van der Waals surface area contributed by atoms with Crippen LogP contribution >= 0.6 is 0 Å². The van der Waals surface area contributed by atoms with Gasteiger partial charge in [-0.2, -0.15) is 0 Å². The second kappa shape index (κ2) is 6.35. The first kappa shape index (κ1) is 14.8. The lowest BCUT2D eigenvalue weighted by Gasteiger charge is -2.45. The van der Waals surface area contributed by atoms with E-state index in [1.165, 1.54) is 62.0 Å². The summed E-state index contributed by atoms with van der Waals surface area (Å²) in [4.78, 5) is 7.61. The number of aromatic nitrogens is 1. The van der Waals surface area contributed by atoms with Gasteiger partial charge in [0.1, 0.15) is 5.82 Å². The average Bonchev–Trinajstić information content (AvgIpc) is 2.49. The van der Waals surface area contributed by atoms with Gasteiger partial charge in [0.25, 0.3) is 0 Å². The third kappa shape index (κ3) is 2.94. The minimum atomic E-state index is 0.733. The van der Waals surface area contributed by atoms with E-state index in [0.717, 1.165) is 24.2 Å². The number of pyridine rings is 1.